The molecule has 3 unspecified atom stereocenters. The summed E-state index contributed by atoms with van der Waals surface area (Å²) in [5.74, 6) is 2.30. The van der Waals surface area contributed by atoms with Gasteiger partial charge in [-0.3, -0.25) is 14.4 Å². The molecule has 0 radical (unpaired) electrons. The van der Waals surface area contributed by atoms with Crippen molar-refractivity contribution in [1.82, 2.24) is 16.0 Å². The first kappa shape index (κ1) is 50.5. The molecule has 3 rings (SSSR count). The highest BCUT2D eigenvalue weighted by Gasteiger charge is 2.51. The van der Waals surface area contributed by atoms with Gasteiger partial charge in [0.2, 0.25) is 17.7 Å². The lowest BCUT2D eigenvalue weighted by Crippen LogP contribution is -2.53. The van der Waals surface area contributed by atoms with E-state index in [2.05, 4.69) is 57.1 Å². The SMILES string of the molecule is C=C1CCCC(CCC)(C(=O)NCCCC2CC3(CNC(=O)CC(CCCCC)CCCCC)CCCC(CNC(=O)CC(CCCCC)CCCCC)(C2)C3)CC1. The van der Waals surface area contributed by atoms with E-state index < -0.39 is 0 Å². The van der Waals surface area contributed by atoms with E-state index in [1.807, 2.05) is 0 Å². The van der Waals surface area contributed by atoms with Crippen molar-refractivity contribution in [3.05, 3.63) is 12.2 Å². The van der Waals surface area contributed by atoms with Crippen molar-refractivity contribution in [3.8, 4) is 0 Å². The number of allylic oxidation sites excluding steroid dienone is 1. The van der Waals surface area contributed by atoms with Gasteiger partial charge in [-0.25, -0.2) is 0 Å². The highest BCUT2D eigenvalue weighted by atomic mass is 16.2. The summed E-state index contributed by atoms with van der Waals surface area (Å²) in [5.41, 5.74) is 1.24. The number of unbranched alkanes of at least 4 members (excludes halogenated alkanes) is 8. The van der Waals surface area contributed by atoms with Crippen LogP contribution < -0.4 is 16.0 Å². The molecule has 3 N–H and O–H groups in total. The lowest BCUT2D eigenvalue weighted by atomic mass is 9.51. The summed E-state index contributed by atoms with van der Waals surface area (Å²) >= 11 is 0. The summed E-state index contributed by atoms with van der Waals surface area (Å²) in [6.45, 7) is 17.8. The van der Waals surface area contributed by atoms with Gasteiger partial charge < -0.3 is 16.0 Å². The van der Waals surface area contributed by atoms with Crippen LogP contribution in [0.2, 0.25) is 0 Å². The third-order valence-electron chi connectivity index (χ3n) is 15.2. The molecule has 58 heavy (non-hydrogen) atoms. The van der Waals surface area contributed by atoms with E-state index in [1.165, 1.54) is 115 Å². The van der Waals surface area contributed by atoms with Crippen molar-refractivity contribution < 1.29 is 14.4 Å². The molecular weight excluding hydrogens is 715 g/mol. The molecule has 3 saturated carbocycles. The van der Waals surface area contributed by atoms with Crippen LogP contribution in [0.3, 0.4) is 0 Å². The fourth-order valence-electron chi connectivity index (χ4n) is 12.0. The molecule has 0 aromatic heterocycles. The van der Waals surface area contributed by atoms with E-state index in [0.29, 0.717) is 30.6 Å². The Morgan fingerprint density at radius 3 is 1.57 bits per heavy atom. The third-order valence-corrected chi connectivity index (χ3v) is 15.2. The van der Waals surface area contributed by atoms with Crippen LogP contribution in [0.15, 0.2) is 12.2 Å². The Morgan fingerprint density at radius 2 is 1.10 bits per heavy atom. The van der Waals surface area contributed by atoms with E-state index in [1.54, 1.807) is 0 Å². The number of rotatable bonds is 31. The standard InChI is InChI=1S/C52H95N3O3/c1-7-12-16-24-44(25-17-13-8-2)36-47(56)54-41-50-31-22-32-51(40-50,42-55-48(57)37-45(26-18-14-9-3)27-19-15-10-4)39-46(38-50)28-21-35-53-49(58)52(30-11-5)33-20-23-43(6)29-34-52/h44-46H,6-42H2,1-5H3,(H,53,58)(H,54,56)(H,55,57). The zero-order chi connectivity index (χ0) is 42.1. The molecule has 6 nitrogen and oxygen atoms in total. The molecule has 0 aliphatic heterocycles. The van der Waals surface area contributed by atoms with Gasteiger partial charge in [0.05, 0.1) is 0 Å². The zero-order valence-corrected chi connectivity index (χ0v) is 39.1. The Kier molecular flexibility index (Phi) is 24.3. The second-order valence-electron chi connectivity index (χ2n) is 20.5. The summed E-state index contributed by atoms with van der Waals surface area (Å²) in [5, 5.41) is 10.5. The average molecular weight is 810 g/mol. The Hall–Kier alpha value is -1.85. The minimum atomic E-state index is -0.239. The zero-order valence-electron chi connectivity index (χ0n) is 39.1. The maximum absolute atomic E-state index is 13.8. The molecule has 0 spiro atoms. The van der Waals surface area contributed by atoms with Crippen LogP contribution in [0.4, 0.5) is 0 Å². The van der Waals surface area contributed by atoms with Gasteiger partial charge >= 0.3 is 0 Å². The van der Waals surface area contributed by atoms with Gasteiger partial charge in [-0.15, -0.1) is 0 Å². The maximum Gasteiger partial charge on any atom is 0.226 e. The summed E-state index contributed by atoms with van der Waals surface area (Å²) in [7, 11) is 0. The largest absolute Gasteiger partial charge is 0.356 e. The topological polar surface area (TPSA) is 87.3 Å². The van der Waals surface area contributed by atoms with Crippen LogP contribution in [-0.2, 0) is 14.4 Å². The summed E-state index contributed by atoms with van der Waals surface area (Å²) in [4.78, 5) is 41.2. The van der Waals surface area contributed by atoms with Gasteiger partial charge in [-0.2, -0.15) is 0 Å². The van der Waals surface area contributed by atoms with Crippen LogP contribution in [0, 0.1) is 34.0 Å². The normalized spacial score (nSPS) is 24.8. The predicted molar refractivity (Wildman–Crippen MR) is 247 cm³/mol. The molecule has 3 amide bonds. The van der Waals surface area contributed by atoms with Crippen LogP contribution in [0.1, 0.15) is 247 Å². The number of amides is 3. The van der Waals surface area contributed by atoms with Crippen LogP contribution in [0.25, 0.3) is 0 Å². The molecule has 3 aliphatic rings. The third kappa shape index (κ3) is 18.0. The van der Waals surface area contributed by atoms with E-state index in [0.717, 1.165) is 110 Å². The second kappa shape index (κ2) is 27.9. The number of hydrogen-bond acceptors (Lipinski definition) is 3. The van der Waals surface area contributed by atoms with Crippen molar-refractivity contribution in [3.63, 3.8) is 0 Å². The molecule has 2 bridgehead atoms. The second-order valence-corrected chi connectivity index (χ2v) is 20.5. The maximum atomic E-state index is 13.8. The monoisotopic (exact) mass is 810 g/mol. The molecule has 0 saturated heterocycles. The van der Waals surface area contributed by atoms with Gasteiger partial charge in [0, 0.05) is 37.9 Å². The lowest BCUT2D eigenvalue weighted by Gasteiger charge is -2.55. The van der Waals surface area contributed by atoms with E-state index >= 15 is 0 Å². The Balaban J connectivity index is 1.69. The summed E-state index contributed by atoms with van der Waals surface area (Å²) < 4.78 is 0. The van der Waals surface area contributed by atoms with Gasteiger partial charge in [0.15, 0.2) is 0 Å². The van der Waals surface area contributed by atoms with Crippen molar-refractivity contribution >= 4 is 17.7 Å². The first-order chi connectivity index (χ1) is 28.1. The first-order valence-corrected chi connectivity index (χ1v) is 25.5. The molecule has 3 atom stereocenters. The molecule has 0 aromatic rings. The average Bonchev–Trinajstić information content (AvgIpc) is 3.39. The van der Waals surface area contributed by atoms with Crippen molar-refractivity contribution in [2.45, 2.75) is 247 Å². The van der Waals surface area contributed by atoms with Crippen LogP contribution >= 0.6 is 0 Å². The van der Waals surface area contributed by atoms with Crippen molar-refractivity contribution in [1.29, 1.82) is 0 Å². The van der Waals surface area contributed by atoms with E-state index in [9.17, 15) is 14.4 Å². The number of hydrogen-bond donors (Lipinski definition) is 3. The molecule has 336 valence electrons. The van der Waals surface area contributed by atoms with E-state index in [-0.39, 0.29) is 34.0 Å². The molecule has 3 fully saturated rings. The van der Waals surface area contributed by atoms with E-state index in [4.69, 9.17) is 0 Å². The number of carbonyl (C=O) groups excluding carboxylic acids is 3. The van der Waals surface area contributed by atoms with Gasteiger partial charge in [0.1, 0.15) is 0 Å². The molecule has 0 heterocycles. The van der Waals surface area contributed by atoms with Gasteiger partial charge in [0.25, 0.3) is 0 Å². The number of nitrogens with one attached hydrogen (secondary N) is 3. The summed E-state index contributed by atoms with van der Waals surface area (Å²) in [6.07, 6.45) is 36.9. The number of fused-ring (bicyclic) bond motifs is 2. The van der Waals surface area contributed by atoms with Gasteiger partial charge in [-0.1, -0.05) is 137 Å². The number of carbonyl (C=O) groups is 3. The van der Waals surface area contributed by atoms with Crippen LogP contribution in [0.5, 0.6) is 0 Å². The Labute approximate surface area is 359 Å². The Bertz CT molecular complexity index is 1110. The smallest absolute Gasteiger partial charge is 0.226 e. The molecule has 3 aliphatic carbocycles. The summed E-state index contributed by atoms with van der Waals surface area (Å²) in [6, 6.07) is 0. The molecule has 0 aromatic carbocycles. The minimum Gasteiger partial charge on any atom is -0.356 e. The molecular formula is C52H95N3O3. The van der Waals surface area contributed by atoms with Gasteiger partial charge in [-0.05, 0) is 138 Å². The Morgan fingerprint density at radius 1 is 0.603 bits per heavy atom. The quantitative estimate of drug-likeness (QED) is 0.0370. The fourth-order valence-corrected chi connectivity index (χ4v) is 12.0. The first-order valence-electron chi connectivity index (χ1n) is 25.5. The lowest BCUT2D eigenvalue weighted by molar-refractivity contribution is -0.132. The van der Waals surface area contributed by atoms with Crippen molar-refractivity contribution in [2.24, 2.45) is 34.0 Å². The highest BCUT2D eigenvalue weighted by molar-refractivity contribution is 5.82. The highest BCUT2D eigenvalue weighted by Crippen LogP contribution is 2.58. The minimum absolute atomic E-state index is 0.0848. The molecule has 6 heteroatoms. The fraction of sp³-hybridized carbons (Fsp3) is 0.904. The predicted octanol–water partition coefficient (Wildman–Crippen LogP) is 13.7. The van der Waals surface area contributed by atoms with Crippen molar-refractivity contribution in [2.75, 3.05) is 19.6 Å². The van der Waals surface area contributed by atoms with Crippen LogP contribution in [-0.4, -0.2) is 37.4 Å².